The van der Waals surface area contributed by atoms with Crippen LogP contribution in [0.4, 0.5) is 11.6 Å². The molecule has 122 valence electrons. The molecule has 0 unspecified atom stereocenters. The van der Waals surface area contributed by atoms with Crippen LogP contribution in [0.5, 0.6) is 0 Å². The first-order valence-corrected chi connectivity index (χ1v) is 8.04. The highest BCUT2D eigenvalue weighted by molar-refractivity contribution is 5.92. The van der Waals surface area contributed by atoms with Gasteiger partial charge in [-0.25, -0.2) is 9.97 Å². The molecule has 1 aliphatic rings. The van der Waals surface area contributed by atoms with Gasteiger partial charge in [0.25, 0.3) is 5.91 Å². The van der Waals surface area contributed by atoms with Crippen molar-refractivity contribution >= 4 is 17.5 Å². The lowest BCUT2D eigenvalue weighted by molar-refractivity contribution is 0.0928. The Morgan fingerprint density at radius 2 is 1.91 bits per heavy atom. The number of rotatable bonds is 4. The highest BCUT2D eigenvalue weighted by Gasteiger charge is 2.16. The summed E-state index contributed by atoms with van der Waals surface area (Å²) >= 11 is 0. The van der Waals surface area contributed by atoms with Gasteiger partial charge in [0.2, 0.25) is 0 Å². The number of amides is 1. The van der Waals surface area contributed by atoms with E-state index in [9.17, 15) is 4.79 Å². The SMILES string of the molecule is Cc1cc(Nc2cnc(C(=O)NC3CCCCCC3)cn2)no1. The van der Waals surface area contributed by atoms with E-state index in [0.717, 1.165) is 12.8 Å². The topological polar surface area (TPSA) is 92.9 Å². The molecule has 7 nitrogen and oxygen atoms in total. The molecule has 1 amide bonds. The molecule has 0 radical (unpaired) electrons. The summed E-state index contributed by atoms with van der Waals surface area (Å²) in [5.41, 5.74) is 0.330. The largest absolute Gasteiger partial charge is 0.360 e. The van der Waals surface area contributed by atoms with Gasteiger partial charge in [0.15, 0.2) is 5.82 Å². The molecule has 0 saturated heterocycles. The standard InChI is InChI=1S/C16H21N5O2/c1-11-8-14(21-23-11)20-15-10-17-13(9-18-15)16(22)19-12-6-4-2-3-5-7-12/h8-10,12H,2-7H2,1H3,(H,19,22)(H,18,20,21). The van der Waals surface area contributed by atoms with Crippen molar-refractivity contribution < 1.29 is 9.32 Å². The quantitative estimate of drug-likeness (QED) is 0.843. The number of aromatic nitrogens is 3. The van der Waals surface area contributed by atoms with Crippen LogP contribution in [0.3, 0.4) is 0 Å². The normalized spacial score (nSPS) is 15.9. The van der Waals surface area contributed by atoms with Gasteiger partial charge >= 0.3 is 0 Å². The van der Waals surface area contributed by atoms with Gasteiger partial charge in [-0.05, 0) is 19.8 Å². The van der Waals surface area contributed by atoms with Crippen LogP contribution < -0.4 is 10.6 Å². The molecule has 1 fully saturated rings. The summed E-state index contributed by atoms with van der Waals surface area (Å²) in [6.07, 6.45) is 9.96. The highest BCUT2D eigenvalue weighted by Crippen LogP contribution is 2.18. The van der Waals surface area contributed by atoms with Gasteiger partial charge in [-0.3, -0.25) is 4.79 Å². The summed E-state index contributed by atoms with van der Waals surface area (Å²) < 4.78 is 4.97. The Morgan fingerprint density at radius 1 is 1.13 bits per heavy atom. The minimum atomic E-state index is -0.159. The Balaban J connectivity index is 1.58. The van der Waals surface area contributed by atoms with Crippen molar-refractivity contribution in [2.45, 2.75) is 51.5 Å². The lowest BCUT2D eigenvalue weighted by Gasteiger charge is -2.15. The zero-order chi connectivity index (χ0) is 16.1. The van der Waals surface area contributed by atoms with Crippen LogP contribution in [-0.4, -0.2) is 27.1 Å². The average Bonchev–Trinajstić information content (AvgIpc) is 2.80. The molecule has 2 heterocycles. The minimum absolute atomic E-state index is 0.159. The van der Waals surface area contributed by atoms with Crippen LogP contribution in [0.2, 0.25) is 0 Å². The van der Waals surface area contributed by atoms with E-state index in [0.29, 0.717) is 23.1 Å². The third kappa shape index (κ3) is 4.28. The number of carbonyl (C=O) groups excluding carboxylic acids is 1. The van der Waals surface area contributed by atoms with Crippen molar-refractivity contribution in [3.63, 3.8) is 0 Å². The molecule has 0 aromatic carbocycles. The zero-order valence-corrected chi connectivity index (χ0v) is 13.2. The second-order valence-electron chi connectivity index (χ2n) is 5.90. The molecule has 1 saturated carbocycles. The fraction of sp³-hybridized carbons (Fsp3) is 0.500. The number of nitrogens with one attached hydrogen (secondary N) is 2. The summed E-state index contributed by atoms with van der Waals surface area (Å²) in [6.45, 7) is 1.81. The maximum absolute atomic E-state index is 12.2. The molecule has 0 bridgehead atoms. The van der Waals surface area contributed by atoms with Crippen LogP contribution in [0, 0.1) is 6.92 Å². The van der Waals surface area contributed by atoms with E-state index in [4.69, 9.17) is 4.52 Å². The summed E-state index contributed by atoms with van der Waals surface area (Å²) in [7, 11) is 0. The number of aryl methyl sites for hydroxylation is 1. The summed E-state index contributed by atoms with van der Waals surface area (Å²) in [6, 6.07) is 2.01. The molecule has 2 aromatic rings. The number of anilines is 2. The molecule has 0 spiro atoms. The summed E-state index contributed by atoms with van der Waals surface area (Å²) in [5, 5.41) is 9.85. The average molecular weight is 315 g/mol. The molecule has 3 rings (SSSR count). The van der Waals surface area contributed by atoms with E-state index in [-0.39, 0.29) is 11.9 Å². The monoisotopic (exact) mass is 315 g/mol. The van der Waals surface area contributed by atoms with Gasteiger partial charge in [0.1, 0.15) is 17.3 Å². The van der Waals surface area contributed by atoms with Crippen LogP contribution in [-0.2, 0) is 0 Å². The summed E-state index contributed by atoms with van der Waals surface area (Å²) in [4.78, 5) is 20.6. The fourth-order valence-electron chi connectivity index (χ4n) is 2.75. The Labute approximate surface area is 134 Å². The van der Waals surface area contributed by atoms with Crippen molar-refractivity contribution in [1.82, 2.24) is 20.4 Å². The number of nitrogens with zero attached hydrogens (tertiary/aromatic N) is 3. The van der Waals surface area contributed by atoms with Gasteiger partial charge in [0, 0.05) is 12.1 Å². The van der Waals surface area contributed by atoms with Crippen molar-refractivity contribution in [2.24, 2.45) is 0 Å². The maximum atomic E-state index is 12.2. The van der Waals surface area contributed by atoms with Crippen LogP contribution in [0.15, 0.2) is 23.0 Å². The van der Waals surface area contributed by atoms with Gasteiger partial charge in [0.05, 0.1) is 12.4 Å². The fourth-order valence-corrected chi connectivity index (χ4v) is 2.75. The van der Waals surface area contributed by atoms with E-state index in [1.807, 2.05) is 6.92 Å². The van der Waals surface area contributed by atoms with Gasteiger partial charge in [-0.2, -0.15) is 0 Å². The van der Waals surface area contributed by atoms with Crippen LogP contribution in [0.25, 0.3) is 0 Å². The molecule has 0 atom stereocenters. The highest BCUT2D eigenvalue weighted by atomic mass is 16.5. The number of carbonyl (C=O) groups is 1. The number of hydrogen-bond donors (Lipinski definition) is 2. The molecule has 23 heavy (non-hydrogen) atoms. The Morgan fingerprint density at radius 3 is 2.52 bits per heavy atom. The second-order valence-corrected chi connectivity index (χ2v) is 5.90. The third-order valence-electron chi connectivity index (χ3n) is 3.96. The van der Waals surface area contributed by atoms with Gasteiger partial charge in [-0.1, -0.05) is 30.8 Å². The number of hydrogen-bond acceptors (Lipinski definition) is 6. The maximum Gasteiger partial charge on any atom is 0.271 e. The van der Waals surface area contributed by atoms with Gasteiger partial charge in [-0.15, -0.1) is 0 Å². The first-order chi connectivity index (χ1) is 11.2. The Kier molecular flexibility index (Phi) is 4.85. The van der Waals surface area contributed by atoms with Crippen molar-refractivity contribution in [2.75, 3.05) is 5.32 Å². The van der Waals surface area contributed by atoms with E-state index < -0.39 is 0 Å². The molecular weight excluding hydrogens is 294 g/mol. The first-order valence-electron chi connectivity index (χ1n) is 8.04. The minimum Gasteiger partial charge on any atom is -0.360 e. The lowest BCUT2D eigenvalue weighted by atomic mass is 10.1. The Bertz CT molecular complexity index is 645. The van der Waals surface area contributed by atoms with Crippen molar-refractivity contribution in [1.29, 1.82) is 0 Å². The second kappa shape index (κ2) is 7.21. The molecule has 2 aromatic heterocycles. The van der Waals surface area contributed by atoms with E-state index in [2.05, 4.69) is 25.8 Å². The van der Waals surface area contributed by atoms with Crippen LogP contribution >= 0.6 is 0 Å². The van der Waals surface area contributed by atoms with E-state index in [1.54, 1.807) is 6.07 Å². The lowest BCUT2D eigenvalue weighted by Crippen LogP contribution is -2.34. The molecule has 7 heteroatoms. The van der Waals surface area contributed by atoms with E-state index >= 15 is 0 Å². The first kappa shape index (κ1) is 15.5. The third-order valence-corrected chi connectivity index (χ3v) is 3.96. The molecule has 2 N–H and O–H groups in total. The van der Waals surface area contributed by atoms with Crippen molar-refractivity contribution in [3.05, 3.63) is 29.9 Å². The predicted molar refractivity (Wildman–Crippen MR) is 85.5 cm³/mol. The van der Waals surface area contributed by atoms with E-state index in [1.165, 1.54) is 38.1 Å². The van der Waals surface area contributed by atoms with Crippen molar-refractivity contribution in [3.8, 4) is 0 Å². The predicted octanol–water partition coefficient (Wildman–Crippen LogP) is 2.97. The summed E-state index contributed by atoms with van der Waals surface area (Å²) in [5.74, 6) is 1.63. The Hall–Kier alpha value is -2.44. The smallest absolute Gasteiger partial charge is 0.271 e. The molecular formula is C16H21N5O2. The van der Waals surface area contributed by atoms with Crippen LogP contribution in [0.1, 0.15) is 54.8 Å². The van der Waals surface area contributed by atoms with Gasteiger partial charge < -0.3 is 15.2 Å². The molecule has 1 aliphatic carbocycles. The molecule has 0 aliphatic heterocycles. The zero-order valence-electron chi connectivity index (χ0n) is 13.2.